The molecule has 3 rings (SSSR count). The molecule has 0 fully saturated rings. The Hall–Kier alpha value is -4.66. The molecule has 0 unspecified atom stereocenters. The van der Waals surface area contributed by atoms with Gasteiger partial charge in [0.2, 0.25) is 23.1 Å². The number of hydrogen-bond donors (Lipinski definition) is 5. The fourth-order valence-electron chi connectivity index (χ4n) is 2.80. The molecule has 0 radical (unpaired) electrons. The van der Waals surface area contributed by atoms with Crippen LogP contribution in [-0.4, -0.2) is 48.7 Å². The van der Waals surface area contributed by atoms with E-state index >= 15 is 0 Å². The van der Waals surface area contributed by atoms with E-state index in [1.807, 2.05) is 0 Å². The zero-order chi connectivity index (χ0) is 22.9. The first-order valence-corrected chi connectivity index (χ1v) is 8.64. The van der Waals surface area contributed by atoms with Gasteiger partial charge < -0.3 is 25.5 Å². The number of carbonyl (C=O) groups is 4. The van der Waals surface area contributed by atoms with Crippen molar-refractivity contribution in [2.75, 3.05) is 0 Å². The molecule has 3 aromatic carbocycles. The number of phenolic OH excluding ortho intramolecular Hbond substituents is 5. The summed E-state index contributed by atoms with van der Waals surface area (Å²) >= 11 is 0. The van der Waals surface area contributed by atoms with Gasteiger partial charge >= 0.3 is 0 Å². The highest BCUT2D eigenvalue weighted by atomic mass is 16.3. The number of benzene rings is 3. The first kappa shape index (κ1) is 21.1. The first-order chi connectivity index (χ1) is 14.6. The van der Waals surface area contributed by atoms with Crippen LogP contribution in [0.15, 0.2) is 54.6 Å². The van der Waals surface area contributed by atoms with Crippen LogP contribution in [0.25, 0.3) is 0 Å². The second-order valence-electron chi connectivity index (χ2n) is 6.49. The summed E-state index contributed by atoms with van der Waals surface area (Å²) in [6.45, 7) is 0. The maximum Gasteiger partial charge on any atom is 0.237 e. The Morgan fingerprint density at radius 1 is 0.452 bits per heavy atom. The van der Waals surface area contributed by atoms with E-state index in [0.717, 1.165) is 54.6 Å². The van der Waals surface area contributed by atoms with Gasteiger partial charge in [-0.05, 0) is 42.5 Å². The van der Waals surface area contributed by atoms with Crippen molar-refractivity contribution in [3.05, 3.63) is 76.9 Å². The van der Waals surface area contributed by atoms with E-state index in [2.05, 4.69) is 0 Å². The van der Waals surface area contributed by atoms with Crippen LogP contribution >= 0.6 is 0 Å². The molecule has 3 aromatic rings. The van der Waals surface area contributed by atoms with E-state index in [1.165, 1.54) is 0 Å². The molecule has 0 heterocycles. The molecule has 0 aliphatic rings. The van der Waals surface area contributed by atoms with Crippen molar-refractivity contribution in [3.63, 3.8) is 0 Å². The van der Waals surface area contributed by atoms with E-state index < -0.39 is 62.6 Å². The van der Waals surface area contributed by atoms with Crippen molar-refractivity contribution in [1.29, 1.82) is 0 Å². The monoisotopic (exact) mass is 422 g/mol. The van der Waals surface area contributed by atoms with Gasteiger partial charge in [0.15, 0.2) is 0 Å². The summed E-state index contributed by atoms with van der Waals surface area (Å²) in [5, 5.41) is 48.0. The van der Waals surface area contributed by atoms with Gasteiger partial charge in [0.1, 0.15) is 28.7 Å². The minimum absolute atomic E-state index is 0.331. The van der Waals surface area contributed by atoms with Gasteiger partial charge in [-0.2, -0.15) is 0 Å². The number of phenols is 5. The van der Waals surface area contributed by atoms with Gasteiger partial charge in [0.25, 0.3) is 0 Å². The smallest absolute Gasteiger partial charge is 0.237 e. The van der Waals surface area contributed by atoms with Crippen LogP contribution in [0.4, 0.5) is 0 Å². The fourth-order valence-corrected chi connectivity index (χ4v) is 2.80. The second-order valence-corrected chi connectivity index (χ2v) is 6.49. The molecule has 0 aliphatic carbocycles. The highest BCUT2D eigenvalue weighted by molar-refractivity contribution is 6.51. The van der Waals surface area contributed by atoms with Gasteiger partial charge in [0.05, 0.1) is 11.1 Å². The average molecular weight is 422 g/mol. The Bertz CT molecular complexity index is 1160. The molecule has 0 aliphatic heterocycles. The van der Waals surface area contributed by atoms with Crippen LogP contribution in [0.5, 0.6) is 28.7 Å². The third-order valence-electron chi connectivity index (χ3n) is 4.31. The molecule has 0 saturated heterocycles. The van der Waals surface area contributed by atoms with Gasteiger partial charge in [-0.25, -0.2) is 0 Å². The summed E-state index contributed by atoms with van der Waals surface area (Å²) in [6.07, 6.45) is 0. The lowest BCUT2D eigenvalue weighted by Gasteiger charge is -2.08. The van der Waals surface area contributed by atoms with E-state index in [0.29, 0.717) is 0 Å². The van der Waals surface area contributed by atoms with Gasteiger partial charge in [-0.15, -0.1) is 0 Å². The second kappa shape index (κ2) is 7.99. The summed E-state index contributed by atoms with van der Waals surface area (Å²) < 4.78 is 0. The van der Waals surface area contributed by atoms with Crippen LogP contribution in [0.3, 0.4) is 0 Å². The van der Waals surface area contributed by atoms with Crippen molar-refractivity contribution in [2.45, 2.75) is 0 Å². The lowest BCUT2D eigenvalue weighted by atomic mass is 9.95. The lowest BCUT2D eigenvalue weighted by molar-refractivity contribution is 0.0810. The quantitative estimate of drug-likeness (QED) is 0.295. The maximum atomic E-state index is 12.5. The van der Waals surface area contributed by atoms with Crippen LogP contribution in [0, 0.1) is 0 Å². The number of Topliss-reactive ketones (excluding diaryl/α,β-unsaturated/α-hetero) is 4. The van der Waals surface area contributed by atoms with Gasteiger partial charge in [-0.3, -0.25) is 19.2 Å². The van der Waals surface area contributed by atoms with Gasteiger partial charge in [0, 0.05) is 23.3 Å². The zero-order valence-electron chi connectivity index (χ0n) is 15.6. The Labute approximate surface area is 174 Å². The van der Waals surface area contributed by atoms with Crippen molar-refractivity contribution >= 4 is 23.1 Å². The average Bonchev–Trinajstić information content (AvgIpc) is 2.71. The van der Waals surface area contributed by atoms with Crippen molar-refractivity contribution in [2.24, 2.45) is 0 Å². The SMILES string of the molecule is O=C(C(=O)c1ccc(O)cc1O)c1cc(O)cc(C(=O)C(=O)c2ccc(O)cc2O)c1. The molecule has 31 heavy (non-hydrogen) atoms. The zero-order valence-corrected chi connectivity index (χ0v) is 15.6. The lowest BCUT2D eigenvalue weighted by Crippen LogP contribution is -2.18. The summed E-state index contributed by atoms with van der Waals surface area (Å²) in [5.41, 5.74) is -1.68. The minimum Gasteiger partial charge on any atom is -0.508 e. The third kappa shape index (κ3) is 4.20. The predicted octanol–water partition coefficient (Wildman–Crippen LogP) is 2.35. The largest absolute Gasteiger partial charge is 0.508 e. The normalized spacial score (nSPS) is 10.5. The molecule has 0 amide bonds. The number of hydrogen-bond acceptors (Lipinski definition) is 9. The molecule has 0 atom stereocenters. The fraction of sp³-hybridized carbons (Fsp3) is 0. The summed E-state index contributed by atoms with van der Waals surface area (Å²) in [7, 11) is 0. The third-order valence-corrected chi connectivity index (χ3v) is 4.31. The summed E-state index contributed by atoms with van der Waals surface area (Å²) in [6, 6.07) is 8.65. The Balaban J connectivity index is 1.95. The number of rotatable bonds is 6. The highest BCUT2D eigenvalue weighted by Crippen LogP contribution is 2.27. The van der Waals surface area contributed by atoms with E-state index in [4.69, 9.17) is 0 Å². The van der Waals surface area contributed by atoms with E-state index in [-0.39, 0.29) is 11.5 Å². The molecule has 0 saturated carbocycles. The van der Waals surface area contributed by atoms with Crippen molar-refractivity contribution in [3.8, 4) is 28.7 Å². The molecular weight excluding hydrogens is 408 g/mol. The molecule has 0 spiro atoms. The van der Waals surface area contributed by atoms with Crippen LogP contribution in [0.2, 0.25) is 0 Å². The van der Waals surface area contributed by atoms with E-state index in [1.54, 1.807) is 0 Å². The van der Waals surface area contributed by atoms with Crippen LogP contribution in [-0.2, 0) is 0 Å². The number of carbonyl (C=O) groups excluding carboxylic acids is 4. The van der Waals surface area contributed by atoms with E-state index in [9.17, 15) is 44.7 Å². The Kier molecular flexibility index (Phi) is 5.43. The Morgan fingerprint density at radius 2 is 0.839 bits per heavy atom. The molecule has 0 bridgehead atoms. The topological polar surface area (TPSA) is 169 Å². The Morgan fingerprint density at radius 3 is 1.19 bits per heavy atom. The highest BCUT2D eigenvalue weighted by Gasteiger charge is 2.26. The molecular formula is C22H14O9. The van der Waals surface area contributed by atoms with Crippen molar-refractivity contribution < 1.29 is 44.7 Å². The standard InChI is InChI=1S/C22H14O9/c23-12-1-3-15(17(26)8-12)21(30)19(28)10-5-11(7-14(25)6-10)20(29)22(31)16-4-2-13(24)9-18(16)27/h1-9,23-27H. The first-order valence-electron chi connectivity index (χ1n) is 8.64. The predicted molar refractivity (Wildman–Crippen MR) is 105 cm³/mol. The van der Waals surface area contributed by atoms with Crippen molar-refractivity contribution in [1.82, 2.24) is 0 Å². The minimum atomic E-state index is -1.19. The molecule has 9 heteroatoms. The molecule has 9 nitrogen and oxygen atoms in total. The number of aromatic hydroxyl groups is 5. The molecule has 0 aromatic heterocycles. The van der Waals surface area contributed by atoms with Crippen LogP contribution in [0.1, 0.15) is 41.4 Å². The number of ketones is 4. The molecule has 156 valence electrons. The summed E-state index contributed by atoms with van der Waals surface area (Å²) in [5.74, 6) is -7.27. The van der Waals surface area contributed by atoms with Gasteiger partial charge in [-0.1, -0.05) is 0 Å². The maximum absolute atomic E-state index is 12.5. The molecule has 5 N–H and O–H groups in total. The van der Waals surface area contributed by atoms with Crippen LogP contribution < -0.4 is 0 Å². The summed E-state index contributed by atoms with van der Waals surface area (Å²) in [4.78, 5) is 49.9.